The standard InChI is InChI=1S/C15H14ClN3O4S2/c16-11-4-2-1-3-10(11)9-25(22,23)17-6-7-19-14(20)13-12(5-8-24-13)18-15(19)21/h1-5,8,17H,6-7,9H2,(H,18,21). The molecule has 10 heteroatoms. The van der Waals surface area contributed by atoms with Crippen molar-refractivity contribution < 1.29 is 8.42 Å². The lowest BCUT2D eigenvalue weighted by Gasteiger charge is -2.09. The molecule has 2 heterocycles. The van der Waals surface area contributed by atoms with Crippen LogP contribution < -0.4 is 16.0 Å². The predicted octanol–water partition coefficient (Wildman–Crippen LogP) is 1.52. The van der Waals surface area contributed by atoms with E-state index in [1.807, 2.05) is 0 Å². The van der Waals surface area contributed by atoms with E-state index < -0.39 is 21.3 Å². The predicted molar refractivity (Wildman–Crippen MR) is 98.8 cm³/mol. The molecule has 2 N–H and O–H groups in total. The van der Waals surface area contributed by atoms with Crippen molar-refractivity contribution in [1.82, 2.24) is 14.3 Å². The lowest BCUT2D eigenvalue weighted by molar-refractivity contribution is 0.565. The Bertz CT molecular complexity index is 1130. The number of H-pyrrole nitrogens is 1. The van der Waals surface area contributed by atoms with Gasteiger partial charge >= 0.3 is 5.69 Å². The minimum atomic E-state index is -3.64. The third-order valence-corrected chi connectivity index (χ3v) is 6.16. The molecule has 0 aliphatic carbocycles. The van der Waals surface area contributed by atoms with Crippen molar-refractivity contribution in [2.24, 2.45) is 0 Å². The van der Waals surface area contributed by atoms with Crippen LogP contribution in [0.2, 0.25) is 5.02 Å². The molecule has 1 aromatic carbocycles. The van der Waals surface area contributed by atoms with Crippen LogP contribution in [0.25, 0.3) is 10.2 Å². The first-order chi connectivity index (χ1) is 11.9. The molecule has 0 bridgehead atoms. The second kappa shape index (κ2) is 7.12. The van der Waals surface area contributed by atoms with Crippen molar-refractivity contribution in [3.63, 3.8) is 0 Å². The van der Waals surface area contributed by atoms with E-state index in [4.69, 9.17) is 11.6 Å². The number of hydrogen-bond acceptors (Lipinski definition) is 5. The number of rotatable bonds is 6. The van der Waals surface area contributed by atoms with E-state index in [2.05, 4.69) is 9.71 Å². The number of benzene rings is 1. The zero-order chi connectivity index (χ0) is 18.0. The minimum absolute atomic E-state index is 0.0657. The third-order valence-electron chi connectivity index (χ3n) is 3.55. The van der Waals surface area contributed by atoms with Crippen molar-refractivity contribution in [2.45, 2.75) is 12.3 Å². The first-order valence-corrected chi connectivity index (χ1v) is 10.2. The SMILES string of the molecule is O=c1[nH]c2ccsc2c(=O)n1CCNS(=O)(=O)Cc1ccccc1Cl. The quantitative estimate of drug-likeness (QED) is 0.656. The van der Waals surface area contributed by atoms with Crippen molar-refractivity contribution in [3.05, 3.63) is 67.1 Å². The van der Waals surface area contributed by atoms with Gasteiger partial charge in [0.2, 0.25) is 10.0 Å². The highest BCUT2D eigenvalue weighted by atomic mass is 35.5. The summed E-state index contributed by atoms with van der Waals surface area (Å²) in [7, 11) is -3.64. The van der Waals surface area contributed by atoms with Gasteiger partial charge < -0.3 is 4.98 Å². The number of fused-ring (bicyclic) bond motifs is 1. The summed E-state index contributed by atoms with van der Waals surface area (Å²) in [5.41, 5.74) is -0.0394. The summed E-state index contributed by atoms with van der Waals surface area (Å²) in [4.78, 5) is 26.8. The second-order valence-electron chi connectivity index (χ2n) is 5.30. The second-order valence-corrected chi connectivity index (χ2v) is 8.43. The van der Waals surface area contributed by atoms with Crippen LogP contribution in [0.5, 0.6) is 0 Å². The highest BCUT2D eigenvalue weighted by Gasteiger charge is 2.14. The van der Waals surface area contributed by atoms with Gasteiger partial charge in [0.25, 0.3) is 5.56 Å². The van der Waals surface area contributed by atoms with Crippen LogP contribution in [-0.4, -0.2) is 24.5 Å². The molecular formula is C15H14ClN3O4S2. The van der Waals surface area contributed by atoms with Crippen molar-refractivity contribution >= 4 is 43.2 Å². The summed E-state index contributed by atoms with van der Waals surface area (Å²) in [6, 6.07) is 8.31. The molecule has 7 nitrogen and oxygen atoms in total. The molecule has 0 aliphatic heterocycles. The maximum atomic E-state index is 12.3. The highest BCUT2D eigenvalue weighted by Crippen LogP contribution is 2.17. The van der Waals surface area contributed by atoms with Crippen LogP contribution in [0, 0.1) is 0 Å². The van der Waals surface area contributed by atoms with Crippen LogP contribution in [0.1, 0.15) is 5.56 Å². The molecule has 0 aliphatic rings. The fourth-order valence-corrected chi connectivity index (χ4v) is 4.60. The van der Waals surface area contributed by atoms with E-state index in [9.17, 15) is 18.0 Å². The summed E-state index contributed by atoms with van der Waals surface area (Å²) in [6.07, 6.45) is 0. The summed E-state index contributed by atoms with van der Waals surface area (Å²) in [5.74, 6) is -0.276. The van der Waals surface area contributed by atoms with Gasteiger partial charge in [0.05, 0.1) is 11.3 Å². The van der Waals surface area contributed by atoms with Crippen molar-refractivity contribution in [1.29, 1.82) is 0 Å². The molecule has 0 fully saturated rings. The van der Waals surface area contributed by atoms with Gasteiger partial charge in [-0.1, -0.05) is 29.8 Å². The highest BCUT2D eigenvalue weighted by molar-refractivity contribution is 7.88. The van der Waals surface area contributed by atoms with Gasteiger partial charge in [-0.2, -0.15) is 0 Å². The third kappa shape index (κ3) is 4.01. The summed E-state index contributed by atoms with van der Waals surface area (Å²) >= 11 is 7.19. The van der Waals surface area contributed by atoms with Gasteiger partial charge in [-0.25, -0.2) is 17.9 Å². The molecule has 0 saturated heterocycles. The molecule has 3 aromatic rings. The molecule has 2 aromatic heterocycles. The summed E-state index contributed by atoms with van der Waals surface area (Å²) in [6.45, 7) is -0.142. The Kier molecular flexibility index (Phi) is 5.09. The molecule has 25 heavy (non-hydrogen) atoms. The Hall–Kier alpha value is -1.94. The van der Waals surface area contributed by atoms with Gasteiger partial charge in [0, 0.05) is 18.1 Å². The van der Waals surface area contributed by atoms with Crippen LogP contribution in [0.15, 0.2) is 45.3 Å². The Morgan fingerprint density at radius 1 is 1.20 bits per heavy atom. The molecule has 0 spiro atoms. The summed E-state index contributed by atoms with van der Waals surface area (Å²) < 4.78 is 28.1. The molecule has 0 atom stereocenters. The molecule has 0 unspecified atom stereocenters. The number of thiophene rings is 1. The van der Waals surface area contributed by atoms with Gasteiger partial charge in [-0.05, 0) is 23.1 Å². The lowest BCUT2D eigenvalue weighted by atomic mass is 10.2. The number of halogens is 1. The smallest absolute Gasteiger partial charge is 0.306 e. The van der Waals surface area contributed by atoms with Crippen LogP contribution in [0.4, 0.5) is 0 Å². The van der Waals surface area contributed by atoms with Gasteiger partial charge in [-0.3, -0.25) is 9.36 Å². The largest absolute Gasteiger partial charge is 0.328 e. The maximum Gasteiger partial charge on any atom is 0.328 e. The fraction of sp³-hybridized carbons (Fsp3) is 0.200. The first-order valence-electron chi connectivity index (χ1n) is 7.28. The Morgan fingerprint density at radius 3 is 2.72 bits per heavy atom. The van der Waals surface area contributed by atoms with E-state index in [-0.39, 0.29) is 18.8 Å². The Morgan fingerprint density at radius 2 is 1.96 bits per heavy atom. The van der Waals surface area contributed by atoms with Crippen LogP contribution in [-0.2, 0) is 22.3 Å². The number of nitrogens with zero attached hydrogens (tertiary/aromatic N) is 1. The molecule has 132 valence electrons. The fourth-order valence-electron chi connectivity index (χ4n) is 2.36. The number of aromatic amines is 1. The normalized spacial score (nSPS) is 11.9. The van der Waals surface area contributed by atoms with Crippen LogP contribution >= 0.6 is 22.9 Å². The Balaban J connectivity index is 1.71. The van der Waals surface area contributed by atoms with E-state index >= 15 is 0 Å². The molecule has 3 rings (SSSR count). The molecule has 0 radical (unpaired) electrons. The van der Waals surface area contributed by atoms with E-state index in [0.717, 1.165) is 4.57 Å². The zero-order valence-electron chi connectivity index (χ0n) is 12.9. The van der Waals surface area contributed by atoms with E-state index in [1.165, 1.54) is 11.3 Å². The van der Waals surface area contributed by atoms with E-state index in [1.54, 1.807) is 35.7 Å². The number of sulfonamides is 1. The average Bonchev–Trinajstić information content (AvgIpc) is 3.01. The number of nitrogens with one attached hydrogen (secondary N) is 2. The molecular weight excluding hydrogens is 386 g/mol. The van der Waals surface area contributed by atoms with Crippen molar-refractivity contribution in [3.8, 4) is 0 Å². The number of hydrogen-bond donors (Lipinski definition) is 2. The summed E-state index contributed by atoms with van der Waals surface area (Å²) in [5, 5.41) is 2.07. The minimum Gasteiger partial charge on any atom is -0.306 e. The monoisotopic (exact) mass is 399 g/mol. The zero-order valence-corrected chi connectivity index (χ0v) is 15.2. The first kappa shape index (κ1) is 17.9. The molecule has 0 saturated carbocycles. The van der Waals surface area contributed by atoms with E-state index in [0.29, 0.717) is 20.8 Å². The molecule has 0 amide bonds. The van der Waals surface area contributed by atoms with Gasteiger partial charge in [0.1, 0.15) is 4.70 Å². The van der Waals surface area contributed by atoms with Gasteiger partial charge in [0.15, 0.2) is 0 Å². The number of aromatic nitrogens is 2. The van der Waals surface area contributed by atoms with Crippen molar-refractivity contribution in [2.75, 3.05) is 6.54 Å². The topological polar surface area (TPSA) is 101 Å². The average molecular weight is 400 g/mol. The lowest BCUT2D eigenvalue weighted by Crippen LogP contribution is -2.38. The van der Waals surface area contributed by atoms with Crippen LogP contribution in [0.3, 0.4) is 0 Å². The Labute approximate surface area is 151 Å². The maximum absolute atomic E-state index is 12.3. The van der Waals surface area contributed by atoms with Gasteiger partial charge in [-0.15, -0.1) is 11.3 Å².